The van der Waals surface area contributed by atoms with Gasteiger partial charge in [0.05, 0.1) is 6.61 Å². The third kappa shape index (κ3) is 7.20. The Bertz CT molecular complexity index is 1440. The molecule has 0 saturated carbocycles. The van der Waals surface area contributed by atoms with E-state index in [1.54, 1.807) is 13.0 Å². The number of fused-ring (bicyclic) bond motifs is 1. The Hall–Kier alpha value is -4.59. The van der Waals surface area contributed by atoms with E-state index in [0.29, 0.717) is 17.6 Å². The van der Waals surface area contributed by atoms with Crippen LogP contribution < -0.4 is 9.47 Å². The average molecular weight is 507 g/mol. The van der Waals surface area contributed by atoms with Gasteiger partial charge in [0.15, 0.2) is 11.5 Å². The van der Waals surface area contributed by atoms with Crippen LogP contribution in [0.25, 0.3) is 16.8 Å². The van der Waals surface area contributed by atoms with Gasteiger partial charge in [0.2, 0.25) is 11.6 Å². The Balaban J connectivity index is 1.64. The number of rotatable bonds is 9. The van der Waals surface area contributed by atoms with Gasteiger partial charge in [-0.3, -0.25) is 0 Å². The van der Waals surface area contributed by atoms with E-state index in [0.717, 1.165) is 34.5 Å². The molecule has 3 aromatic carbocycles. The molecule has 0 aliphatic heterocycles. The van der Waals surface area contributed by atoms with Crippen LogP contribution in [0, 0.1) is 11.6 Å². The summed E-state index contributed by atoms with van der Waals surface area (Å²) in [5, 5.41) is 1.86. The number of hydrogen-bond donors (Lipinski definition) is 0. The molecule has 190 valence electrons. The smallest absolute Gasteiger partial charge is 0.338 e. The fourth-order valence-corrected chi connectivity index (χ4v) is 3.12. The highest BCUT2D eigenvalue weighted by Crippen LogP contribution is 2.28. The van der Waals surface area contributed by atoms with E-state index >= 15 is 0 Å². The van der Waals surface area contributed by atoms with Crippen LogP contribution in [0.4, 0.5) is 8.78 Å². The molecule has 3 aromatic rings. The molecule has 0 atom stereocenters. The van der Waals surface area contributed by atoms with Gasteiger partial charge in [0, 0.05) is 23.6 Å². The van der Waals surface area contributed by atoms with Gasteiger partial charge in [-0.05, 0) is 60.0 Å². The lowest BCUT2D eigenvalue weighted by atomic mass is 10.0. The third-order valence-electron chi connectivity index (χ3n) is 5.09. The Morgan fingerprint density at radius 3 is 2.05 bits per heavy atom. The summed E-state index contributed by atoms with van der Waals surface area (Å²) in [4.78, 5) is 35.2. The maximum atomic E-state index is 14.3. The molecule has 0 bridgehead atoms. The minimum absolute atomic E-state index is 0.0104. The molecule has 8 heteroatoms. The van der Waals surface area contributed by atoms with Gasteiger partial charge in [-0.25, -0.2) is 14.4 Å². The molecular weight excluding hydrogens is 482 g/mol. The molecule has 0 N–H and O–H groups in total. The van der Waals surface area contributed by atoms with Gasteiger partial charge >= 0.3 is 17.9 Å². The predicted octanol–water partition coefficient (Wildman–Crippen LogP) is 5.88. The highest BCUT2D eigenvalue weighted by atomic mass is 19.2. The summed E-state index contributed by atoms with van der Waals surface area (Å²) in [7, 11) is 0. The van der Waals surface area contributed by atoms with Gasteiger partial charge in [0.1, 0.15) is 0 Å². The minimum atomic E-state index is -1.47. The Morgan fingerprint density at radius 2 is 1.41 bits per heavy atom. The van der Waals surface area contributed by atoms with Crippen molar-refractivity contribution in [1.29, 1.82) is 0 Å². The van der Waals surface area contributed by atoms with E-state index in [9.17, 15) is 23.2 Å². The van der Waals surface area contributed by atoms with Gasteiger partial charge in [-0.1, -0.05) is 43.5 Å². The van der Waals surface area contributed by atoms with Crippen molar-refractivity contribution in [2.24, 2.45) is 0 Å². The average Bonchev–Trinajstić information content (AvgIpc) is 2.86. The van der Waals surface area contributed by atoms with Crippen molar-refractivity contribution in [2.75, 3.05) is 6.61 Å². The fourth-order valence-electron chi connectivity index (χ4n) is 3.12. The molecule has 0 fully saturated rings. The topological polar surface area (TPSA) is 78.9 Å². The Kier molecular flexibility index (Phi) is 8.68. The van der Waals surface area contributed by atoms with Crippen molar-refractivity contribution in [3.8, 4) is 11.5 Å². The summed E-state index contributed by atoms with van der Waals surface area (Å²) >= 11 is 0. The lowest BCUT2D eigenvalue weighted by Gasteiger charge is -2.08. The zero-order valence-electron chi connectivity index (χ0n) is 20.3. The molecule has 0 radical (unpaired) electrons. The zero-order valence-corrected chi connectivity index (χ0v) is 20.3. The molecule has 3 rings (SSSR count). The fraction of sp³-hybridized carbons (Fsp3) is 0.138. The lowest BCUT2D eigenvalue weighted by molar-refractivity contribution is -0.138. The monoisotopic (exact) mass is 506 g/mol. The molecule has 6 nitrogen and oxygen atoms in total. The molecule has 37 heavy (non-hydrogen) atoms. The van der Waals surface area contributed by atoms with Gasteiger partial charge < -0.3 is 14.2 Å². The van der Waals surface area contributed by atoms with Crippen LogP contribution in [0.5, 0.6) is 11.5 Å². The first-order chi connectivity index (χ1) is 17.5. The summed E-state index contributed by atoms with van der Waals surface area (Å²) in [6.07, 6.45) is 3.11. The number of halogens is 2. The van der Waals surface area contributed by atoms with E-state index in [4.69, 9.17) is 14.2 Å². The SMILES string of the molecule is C=C(C)C(=O)OCCc1ccc2cc(C=CC(=O)Oc3ccc(OC(=O)C(=C)C)c(F)c3F)ccc2c1. The van der Waals surface area contributed by atoms with E-state index < -0.39 is 41.0 Å². The van der Waals surface area contributed by atoms with Crippen molar-refractivity contribution in [2.45, 2.75) is 20.3 Å². The summed E-state index contributed by atoms with van der Waals surface area (Å²) in [5.41, 5.74) is 2.03. The second kappa shape index (κ2) is 11.9. The lowest BCUT2D eigenvalue weighted by Crippen LogP contribution is -2.11. The van der Waals surface area contributed by atoms with Crippen molar-refractivity contribution in [3.05, 3.63) is 102 Å². The highest BCUT2D eigenvalue weighted by Gasteiger charge is 2.19. The maximum Gasteiger partial charge on any atom is 0.338 e. The molecule has 0 amide bonds. The van der Waals surface area contributed by atoms with Crippen molar-refractivity contribution < 1.29 is 37.4 Å². The zero-order chi connectivity index (χ0) is 27.1. The third-order valence-corrected chi connectivity index (χ3v) is 5.09. The molecule has 0 aromatic heterocycles. The number of carbonyl (C=O) groups is 3. The second-order valence-corrected chi connectivity index (χ2v) is 8.22. The van der Waals surface area contributed by atoms with E-state index in [1.165, 1.54) is 13.0 Å². The van der Waals surface area contributed by atoms with E-state index in [-0.39, 0.29) is 12.2 Å². The summed E-state index contributed by atoms with van der Waals surface area (Å²) in [6.45, 7) is 10.1. The van der Waals surface area contributed by atoms with Crippen LogP contribution >= 0.6 is 0 Å². The van der Waals surface area contributed by atoms with Crippen LogP contribution in [-0.4, -0.2) is 24.5 Å². The van der Waals surface area contributed by atoms with Crippen LogP contribution in [-0.2, 0) is 25.5 Å². The van der Waals surface area contributed by atoms with Gasteiger partial charge in [-0.2, -0.15) is 8.78 Å². The first-order valence-corrected chi connectivity index (χ1v) is 11.2. The Morgan fingerprint density at radius 1 is 0.811 bits per heavy atom. The normalized spacial score (nSPS) is 10.8. The van der Waals surface area contributed by atoms with Crippen LogP contribution in [0.1, 0.15) is 25.0 Å². The number of hydrogen-bond acceptors (Lipinski definition) is 6. The molecule has 0 aliphatic carbocycles. The first kappa shape index (κ1) is 27.0. The molecule has 0 heterocycles. The van der Waals surface area contributed by atoms with Crippen molar-refractivity contribution in [3.63, 3.8) is 0 Å². The molecule has 0 saturated heterocycles. The Labute approximate surface area is 212 Å². The second-order valence-electron chi connectivity index (χ2n) is 8.22. The predicted molar refractivity (Wildman–Crippen MR) is 135 cm³/mol. The first-order valence-electron chi connectivity index (χ1n) is 11.2. The highest BCUT2D eigenvalue weighted by molar-refractivity contribution is 5.91. The summed E-state index contributed by atoms with van der Waals surface area (Å²) in [6, 6.07) is 13.2. The molecule has 0 unspecified atom stereocenters. The molecule has 0 aliphatic rings. The van der Waals surface area contributed by atoms with Crippen LogP contribution in [0.2, 0.25) is 0 Å². The van der Waals surface area contributed by atoms with Crippen LogP contribution in [0.3, 0.4) is 0 Å². The van der Waals surface area contributed by atoms with Gasteiger partial charge in [0.25, 0.3) is 0 Å². The quantitative estimate of drug-likeness (QED) is 0.205. The van der Waals surface area contributed by atoms with E-state index in [1.807, 2.05) is 30.3 Å². The van der Waals surface area contributed by atoms with Gasteiger partial charge in [-0.15, -0.1) is 0 Å². The summed E-state index contributed by atoms with van der Waals surface area (Å²) in [5.74, 6) is -6.50. The largest absolute Gasteiger partial charge is 0.462 e. The number of esters is 3. The maximum absolute atomic E-state index is 14.3. The van der Waals surface area contributed by atoms with Crippen molar-refractivity contribution >= 4 is 34.8 Å². The molecule has 0 spiro atoms. The summed E-state index contributed by atoms with van der Waals surface area (Å²) < 4.78 is 43.2. The van der Waals surface area contributed by atoms with Crippen molar-refractivity contribution in [1.82, 2.24) is 0 Å². The minimum Gasteiger partial charge on any atom is -0.462 e. The van der Waals surface area contributed by atoms with Crippen LogP contribution in [0.15, 0.2) is 78.9 Å². The molecular formula is C29H24F2O6. The standard InChI is InChI=1S/C29H24F2O6/c1-17(2)28(33)35-14-13-20-6-9-21-15-19(5-8-22(21)16-20)7-12-25(32)36-23-10-11-24(27(31)26(23)30)37-29(34)18(3)4/h5-12,15-16H,1,3,13-14H2,2,4H3. The van der Waals surface area contributed by atoms with E-state index in [2.05, 4.69) is 13.2 Å². The number of carbonyl (C=O) groups excluding carboxylic acids is 3. The number of benzene rings is 3. The number of ether oxygens (including phenoxy) is 3.